The van der Waals surface area contributed by atoms with Crippen molar-refractivity contribution in [2.75, 3.05) is 6.61 Å². The molecular formula is C19H19ClO4. The molecule has 126 valence electrons. The number of phenolic OH excluding ortho intramolecular Hbond substituents is 1. The number of ether oxygens (including phenoxy) is 1. The molecule has 0 saturated carbocycles. The summed E-state index contributed by atoms with van der Waals surface area (Å²) in [4.78, 5) is 11.6. The molecule has 0 aliphatic rings. The molecule has 0 fully saturated rings. The van der Waals surface area contributed by atoms with Gasteiger partial charge in [-0.1, -0.05) is 30.7 Å². The summed E-state index contributed by atoms with van der Waals surface area (Å²) in [5.41, 5.74) is 2.19. The van der Waals surface area contributed by atoms with Gasteiger partial charge in [0.1, 0.15) is 11.5 Å². The number of phenols is 1. The summed E-state index contributed by atoms with van der Waals surface area (Å²) in [6.07, 6.45) is 2.43. The van der Waals surface area contributed by atoms with Gasteiger partial charge >= 0.3 is 5.97 Å². The van der Waals surface area contributed by atoms with Crippen LogP contribution in [0, 0.1) is 6.92 Å². The lowest BCUT2D eigenvalue weighted by atomic mass is 10.0. The minimum atomic E-state index is -1.04. The maximum Gasteiger partial charge on any atom is 0.336 e. The van der Waals surface area contributed by atoms with Crippen LogP contribution in [0.25, 0.3) is 11.6 Å². The number of hydrogen-bond acceptors (Lipinski definition) is 3. The van der Waals surface area contributed by atoms with Crippen molar-refractivity contribution in [3.8, 4) is 11.5 Å². The van der Waals surface area contributed by atoms with Gasteiger partial charge in [-0.25, -0.2) is 4.79 Å². The van der Waals surface area contributed by atoms with Gasteiger partial charge in [0.25, 0.3) is 0 Å². The number of carboxylic acids is 1. The van der Waals surface area contributed by atoms with Crippen molar-refractivity contribution in [2.24, 2.45) is 0 Å². The second-order valence-corrected chi connectivity index (χ2v) is 5.81. The largest absolute Gasteiger partial charge is 0.506 e. The number of hydrogen-bond donors (Lipinski definition) is 2. The third kappa shape index (κ3) is 4.30. The summed E-state index contributed by atoms with van der Waals surface area (Å²) in [7, 11) is 0. The summed E-state index contributed by atoms with van der Waals surface area (Å²) in [5, 5.41) is 19.2. The van der Waals surface area contributed by atoms with Gasteiger partial charge in [0.05, 0.1) is 17.2 Å². The van der Waals surface area contributed by atoms with Gasteiger partial charge in [-0.2, -0.15) is 0 Å². The molecule has 2 aromatic carbocycles. The third-order valence-electron chi connectivity index (χ3n) is 3.46. The zero-order valence-electron chi connectivity index (χ0n) is 13.5. The molecule has 0 aromatic heterocycles. The molecule has 0 aliphatic heterocycles. The molecule has 0 unspecified atom stereocenters. The van der Waals surface area contributed by atoms with E-state index in [1.165, 1.54) is 18.2 Å². The molecule has 4 nitrogen and oxygen atoms in total. The van der Waals surface area contributed by atoms with E-state index in [1.54, 1.807) is 24.3 Å². The lowest BCUT2D eigenvalue weighted by molar-refractivity contribution is -0.130. The van der Waals surface area contributed by atoms with Crippen LogP contribution in [-0.4, -0.2) is 22.8 Å². The summed E-state index contributed by atoms with van der Waals surface area (Å²) in [5.74, 6) is -0.335. The number of halogens is 1. The molecule has 2 rings (SSSR count). The van der Waals surface area contributed by atoms with Crippen molar-refractivity contribution >= 4 is 29.2 Å². The molecule has 0 atom stereocenters. The Morgan fingerprint density at radius 1 is 1.25 bits per heavy atom. The zero-order valence-corrected chi connectivity index (χ0v) is 14.3. The first-order valence-corrected chi connectivity index (χ1v) is 7.97. The van der Waals surface area contributed by atoms with Crippen LogP contribution in [0.5, 0.6) is 11.5 Å². The molecule has 0 aliphatic carbocycles. The molecule has 0 radical (unpaired) electrons. The summed E-state index contributed by atoms with van der Waals surface area (Å²) in [6.45, 7) is 4.52. The Labute approximate surface area is 146 Å². The minimum Gasteiger partial charge on any atom is -0.506 e. The van der Waals surface area contributed by atoms with E-state index in [2.05, 4.69) is 0 Å². The highest BCUT2D eigenvalue weighted by molar-refractivity contribution is 6.32. The van der Waals surface area contributed by atoms with Crippen LogP contribution in [-0.2, 0) is 4.79 Å². The Morgan fingerprint density at radius 3 is 2.58 bits per heavy atom. The molecule has 0 heterocycles. The highest BCUT2D eigenvalue weighted by atomic mass is 35.5. The predicted molar refractivity (Wildman–Crippen MR) is 95.6 cm³/mol. The molecule has 5 heteroatoms. The van der Waals surface area contributed by atoms with Crippen molar-refractivity contribution < 1.29 is 19.7 Å². The van der Waals surface area contributed by atoms with Crippen molar-refractivity contribution in [1.82, 2.24) is 0 Å². The topological polar surface area (TPSA) is 66.8 Å². The number of aryl methyl sites for hydroxylation is 1. The molecule has 2 aromatic rings. The van der Waals surface area contributed by atoms with Gasteiger partial charge in [0.15, 0.2) is 0 Å². The average Bonchev–Trinajstić information content (AvgIpc) is 2.54. The molecule has 2 N–H and O–H groups in total. The van der Waals surface area contributed by atoms with Crippen LogP contribution in [0.2, 0.25) is 5.02 Å². The van der Waals surface area contributed by atoms with Crippen LogP contribution in [0.3, 0.4) is 0 Å². The monoisotopic (exact) mass is 346 g/mol. The van der Waals surface area contributed by atoms with E-state index in [0.29, 0.717) is 17.7 Å². The van der Waals surface area contributed by atoms with E-state index in [-0.39, 0.29) is 16.3 Å². The lowest BCUT2D eigenvalue weighted by Gasteiger charge is -2.11. The zero-order chi connectivity index (χ0) is 17.7. The van der Waals surface area contributed by atoms with Crippen LogP contribution < -0.4 is 4.74 Å². The van der Waals surface area contributed by atoms with Crippen molar-refractivity contribution in [3.63, 3.8) is 0 Å². The molecule has 0 bridgehead atoms. The molecule has 24 heavy (non-hydrogen) atoms. The van der Waals surface area contributed by atoms with Gasteiger partial charge in [0.2, 0.25) is 0 Å². The van der Waals surface area contributed by atoms with Gasteiger partial charge in [0, 0.05) is 0 Å². The first-order chi connectivity index (χ1) is 11.4. The summed E-state index contributed by atoms with van der Waals surface area (Å²) < 4.78 is 5.62. The van der Waals surface area contributed by atoms with E-state index in [9.17, 15) is 15.0 Å². The highest BCUT2D eigenvalue weighted by Gasteiger charge is 2.13. The van der Waals surface area contributed by atoms with Crippen LogP contribution >= 0.6 is 11.6 Å². The first kappa shape index (κ1) is 17.9. The smallest absolute Gasteiger partial charge is 0.336 e. The maximum absolute atomic E-state index is 11.6. The van der Waals surface area contributed by atoms with Crippen LogP contribution in [0.4, 0.5) is 0 Å². The normalized spacial score (nSPS) is 11.4. The Balaban J connectivity index is 2.40. The lowest BCUT2D eigenvalue weighted by Crippen LogP contribution is -2.02. The maximum atomic E-state index is 11.6. The van der Waals surface area contributed by atoms with Crippen molar-refractivity contribution in [1.29, 1.82) is 0 Å². The highest BCUT2D eigenvalue weighted by Crippen LogP contribution is 2.28. The number of carboxylic acid groups (broad SMARTS) is 1. The summed E-state index contributed by atoms with van der Waals surface area (Å²) >= 11 is 5.87. The van der Waals surface area contributed by atoms with Crippen molar-refractivity contribution in [2.45, 2.75) is 20.3 Å². The van der Waals surface area contributed by atoms with E-state index in [1.807, 2.05) is 13.8 Å². The fraction of sp³-hybridized carbons (Fsp3) is 0.211. The number of benzene rings is 2. The molecule has 0 amide bonds. The van der Waals surface area contributed by atoms with Crippen LogP contribution in [0.1, 0.15) is 30.0 Å². The van der Waals surface area contributed by atoms with Gasteiger partial charge in [-0.05, 0) is 60.4 Å². The Hall–Kier alpha value is -2.46. The van der Waals surface area contributed by atoms with Gasteiger partial charge in [-0.15, -0.1) is 0 Å². The van der Waals surface area contributed by atoms with E-state index < -0.39 is 5.97 Å². The predicted octanol–water partition coefficient (Wildman–Crippen LogP) is 4.77. The average molecular weight is 347 g/mol. The summed E-state index contributed by atoms with van der Waals surface area (Å²) in [6, 6.07) is 9.84. The molecule has 0 spiro atoms. The molecule has 0 saturated heterocycles. The Kier molecular flexibility index (Phi) is 5.88. The van der Waals surface area contributed by atoms with E-state index in [4.69, 9.17) is 16.3 Å². The minimum absolute atomic E-state index is 0.0426. The Bertz CT molecular complexity index is 781. The quantitative estimate of drug-likeness (QED) is 0.584. The fourth-order valence-corrected chi connectivity index (χ4v) is 2.43. The number of carbonyl (C=O) groups is 1. The third-order valence-corrected chi connectivity index (χ3v) is 3.76. The number of aliphatic carboxylic acids is 1. The first-order valence-electron chi connectivity index (χ1n) is 7.59. The number of aromatic hydroxyl groups is 1. The van der Waals surface area contributed by atoms with E-state index in [0.717, 1.165) is 17.7 Å². The number of rotatable bonds is 6. The second kappa shape index (κ2) is 7.88. The standard InChI is InChI=1S/C19H19ClO4/c1-3-8-24-18-7-5-14(9-12(18)2)15(19(22)23)10-13-4-6-17(21)16(20)11-13/h4-7,9-11,21H,3,8H2,1-2H3,(H,22,23)/b15-10-. The van der Waals surface area contributed by atoms with E-state index >= 15 is 0 Å². The van der Waals surface area contributed by atoms with Gasteiger partial charge in [-0.3, -0.25) is 0 Å². The van der Waals surface area contributed by atoms with Crippen LogP contribution in [0.15, 0.2) is 36.4 Å². The SMILES string of the molecule is CCCOc1ccc(/C(=C/c2ccc(O)c(Cl)c2)C(=O)O)cc1C. The fourth-order valence-electron chi connectivity index (χ4n) is 2.24. The second-order valence-electron chi connectivity index (χ2n) is 5.40. The molecular weight excluding hydrogens is 328 g/mol. The van der Waals surface area contributed by atoms with Gasteiger partial charge < -0.3 is 14.9 Å². The van der Waals surface area contributed by atoms with Crippen molar-refractivity contribution in [3.05, 3.63) is 58.1 Å². The Morgan fingerprint density at radius 2 is 2.00 bits per heavy atom.